The molecule has 1 spiro atoms. The average Bonchev–Trinajstić information content (AvgIpc) is 3.50. The van der Waals surface area contributed by atoms with E-state index in [1.807, 2.05) is 0 Å². The van der Waals surface area contributed by atoms with Crippen LogP contribution < -0.4 is 0 Å². The lowest BCUT2D eigenvalue weighted by Crippen LogP contribution is -2.55. The number of hydrogen-bond acceptors (Lipinski definition) is 2. The molecule has 1 aromatic carbocycles. The van der Waals surface area contributed by atoms with Crippen LogP contribution in [0.3, 0.4) is 0 Å². The Hall–Kier alpha value is -1.84. The highest BCUT2D eigenvalue weighted by molar-refractivity contribution is 5.80. The molecule has 2 aliphatic heterocycles. The average molecular weight is 354 g/mol. The number of benzene rings is 1. The predicted octanol–water partition coefficient (Wildman–Crippen LogP) is 3.19. The minimum Gasteiger partial charge on any atom is -0.342 e. The summed E-state index contributed by atoms with van der Waals surface area (Å²) in [4.78, 5) is 29.3. The number of nitrogens with zero attached hydrogens (tertiary/aromatic N) is 2. The molecule has 1 atom stereocenters. The van der Waals surface area contributed by atoms with Gasteiger partial charge in [-0.3, -0.25) is 9.59 Å². The zero-order valence-corrected chi connectivity index (χ0v) is 15.9. The fraction of sp³-hybridized carbons (Fsp3) is 0.636. The summed E-state index contributed by atoms with van der Waals surface area (Å²) in [7, 11) is 0. The molecule has 2 heterocycles. The number of carbonyl (C=O) groups is 2. The molecule has 0 N–H and O–H groups in total. The van der Waals surface area contributed by atoms with E-state index in [4.69, 9.17) is 0 Å². The van der Waals surface area contributed by atoms with Gasteiger partial charge in [0.25, 0.3) is 0 Å². The van der Waals surface area contributed by atoms with E-state index in [0.29, 0.717) is 24.8 Å². The van der Waals surface area contributed by atoms with Crippen molar-refractivity contribution in [3.8, 4) is 0 Å². The maximum absolute atomic E-state index is 12.9. The standard InChI is InChI=1S/C22H30N2O2/c1-2-17-4-6-18(7-5-17)14-21(26)23-13-3-11-22(15-23)12-10-20(25)24(16-22)19-8-9-19/h4-7,19H,2-3,8-16H2,1H3. The van der Waals surface area contributed by atoms with E-state index < -0.39 is 0 Å². The van der Waals surface area contributed by atoms with E-state index in [9.17, 15) is 9.59 Å². The van der Waals surface area contributed by atoms with Crippen molar-refractivity contribution in [2.45, 2.75) is 64.3 Å². The Morgan fingerprint density at radius 2 is 1.85 bits per heavy atom. The van der Waals surface area contributed by atoms with Gasteiger partial charge in [0, 0.05) is 37.5 Å². The lowest BCUT2D eigenvalue weighted by molar-refractivity contribution is -0.143. The van der Waals surface area contributed by atoms with Crippen molar-refractivity contribution >= 4 is 11.8 Å². The lowest BCUT2D eigenvalue weighted by atomic mass is 9.73. The molecule has 140 valence electrons. The van der Waals surface area contributed by atoms with Gasteiger partial charge in [-0.15, -0.1) is 0 Å². The molecule has 1 aliphatic carbocycles. The third-order valence-electron chi connectivity index (χ3n) is 6.48. The van der Waals surface area contributed by atoms with Crippen molar-refractivity contribution in [3.63, 3.8) is 0 Å². The summed E-state index contributed by atoms with van der Waals surface area (Å²) in [5.41, 5.74) is 2.55. The monoisotopic (exact) mass is 354 g/mol. The number of rotatable bonds is 4. The summed E-state index contributed by atoms with van der Waals surface area (Å²) in [6.45, 7) is 4.71. The van der Waals surface area contributed by atoms with Gasteiger partial charge in [-0.2, -0.15) is 0 Å². The van der Waals surface area contributed by atoms with Crippen molar-refractivity contribution in [3.05, 3.63) is 35.4 Å². The summed E-state index contributed by atoms with van der Waals surface area (Å²) in [6, 6.07) is 8.92. The minimum absolute atomic E-state index is 0.135. The van der Waals surface area contributed by atoms with E-state index in [1.165, 1.54) is 5.56 Å². The SMILES string of the molecule is CCc1ccc(CC(=O)N2CCCC3(CCC(=O)N(C4CC4)C3)C2)cc1. The predicted molar refractivity (Wildman–Crippen MR) is 102 cm³/mol. The maximum Gasteiger partial charge on any atom is 0.227 e. The van der Waals surface area contributed by atoms with Crippen LogP contribution in [-0.4, -0.2) is 47.3 Å². The van der Waals surface area contributed by atoms with Crippen LogP contribution >= 0.6 is 0 Å². The van der Waals surface area contributed by atoms with Gasteiger partial charge in [-0.25, -0.2) is 0 Å². The van der Waals surface area contributed by atoms with E-state index in [0.717, 1.165) is 63.7 Å². The second-order valence-corrected chi connectivity index (χ2v) is 8.52. The van der Waals surface area contributed by atoms with Gasteiger partial charge in [0.05, 0.1) is 6.42 Å². The quantitative estimate of drug-likeness (QED) is 0.833. The van der Waals surface area contributed by atoms with Crippen molar-refractivity contribution in [1.29, 1.82) is 0 Å². The first-order valence-electron chi connectivity index (χ1n) is 10.2. The zero-order chi connectivity index (χ0) is 18.1. The van der Waals surface area contributed by atoms with Crippen LogP contribution in [0.1, 0.15) is 56.6 Å². The summed E-state index contributed by atoms with van der Waals surface area (Å²) in [5.74, 6) is 0.570. The van der Waals surface area contributed by atoms with Crippen LogP contribution in [-0.2, 0) is 22.4 Å². The number of amides is 2. The Labute approximate surface area is 156 Å². The fourth-order valence-electron chi connectivity index (χ4n) is 4.70. The van der Waals surface area contributed by atoms with Gasteiger partial charge in [0.15, 0.2) is 0 Å². The Balaban J connectivity index is 1.40. The molecule has 1 unspecified atom stereocenters. The first-order valence-corrected chi connectivity index (χ1v) is 10.2. The smallest absolute Gasteiger partial charge is 0.227 e. The first-order chi connectivity index (χ1) is 12.6. The van der Waals surface area contributed by atoms with E-state index in [1.54, 1.807) is 0 Å². The van der Waals surface area contributed by atoms with Gasteiger partial charge in [0.1, 0.15) is 0 Å². The van der Waals surface area contributed by atoms with E-state index in [-0.39, 0.29) is 11.3 Å². The Morgan fingerprint density at radius 3 is 2.54 bits per heavy atom. The van der Waals surface area contributed by atoms with Crippen molar-refractivity contribution < 1.29 is 9.59 Å². The molecule has 1 aromatic rings. The number of hydrogen-bond donors (Lipinski definition) is 0. The summed E-state index contributed by atoms with van der Waals surface area (Å²) in [6.07, 6.45) is 7.67. The second kappa shape index (κ2) is 7.05. The Bertz CT molecular complexity index is 680. The molecule has 2 saturated heterocycles. The molecule has 3 aliphatic rings. The number of carbonyl (C=O) groups excluding carboxylic acids is 2. The molecular weight excluding hydrogens is 324 g/mol. The fourth-order valence-corrected chi connectivity index (χ4v) is 4.70. The summed E-state index contributed by atoms with van der Waals surface area (Å²) < 4.78 is 0. The molecule has 1 saturated carbocycles. The van der Waals surface area contributed by atoms with Gasteiger partial charge in [-0.05, 0) is 49.7 Å². The normalized spacial score (nSPS) is 26.4. The van der Waals surface area contributed by atoms with Crippen LogP contribution in [0.5, 0.6) is 0 Å². The highest BCUT2D eigenvalue weighted by Gasteiger charge is 2.46. The zero-order valence-electron chi connectivity index (χ0n) is 15.9. The number of aryl methyl sites for hydroxylation is 1. The second-order valence-electron chi connectivity index (χ2n) is 8.52. The Kier molecular flexibility index (Phi) is 4.76. The van der Waals surface area contributed by atoms with Crippen LogP contribution in [0.25, 0.3) is 0 Å². The Morgan fingerprint density at radius 1 is 1.12 bits per heavy atom. The molecule has 0 aromatic heterocycles. The van der Waals surface area contributed by atoms with Crippen LogP contribution in [0.15, 0.2) is 24.3 Å². The van der Waals surface area contributed by atoms with Gasteiger partial charge >= 0.3 is 0 Å². The molecule has 4 heteroatoms. The van der Waals surface area contributed by atoms with Gasteiger partial charge in [0.2, 0.25) is 11.8 Å². The molecule has 0 bridgehead atoms. The first kappa shape index (κ1) is 17.6. The molecule has 4 rings (SSSR count). The lowest BCUT2D eigenvalue weighted by Gasteiger charge is -2.48. The molecule has 26 heavy (non-hydrogen) atoms. The van der Waals surface area contributed by atoms with Crippen molar-refractivity contribution in [2.24, 2.45) is 5.41 Å². The largest absolute Gasteiger partial charge is 0.342 e. The van der Waals surface area contributed by atoms with Crippen molar-refractivity contribution in [1.82, 2.24) is 9.80 Å². The number of piperidine rings is 2. The summed E-state index contributed by atoms with van der Waals surface area (Å²) in [5, 5.41) is 0. The molecule has 0 radical (unpaired) electrons. The maximum atomic E-state index is 12.9. The van der Waals surface area contributed by atoms with Crippen LogP contribution in [0, 0.1) is 5.41 Å². The topological polar surface area (TPSA) is 40.6 Å². The highest BCUT2D eigenvalue weighted by atomic mass is 16.2. The molecule has 2 amide bonds. The third kappa shape index (κ3) is 3.65. The van der Waals surface area contributed by atoms with Crippen LogP contribution in [0.4, 0.5) is 0 Å². The molecule has 4 nitrogen and oxygen atoms in total. The van der Waals surface area contributed by atoms with Crippen molar-refractivity contribution in [2.75, 3.05) is 19.6 Å². The third-order valence-corrected chi connectivity index (χ3v) is 6.48. The summed E-state index contributed by atoms with van der Waals surface area (Å²) >= 11 is 0. The minimum atomic E-state index is 0.135. The van der Waals surface area contributed by atoms with Gasteiger partial charge in [-0.1, -0.05) is 31.2 Å². The molecular formula is C22H30N2O2. The van der Waals surface area contributed by atoms with E-state index in [2.05, 4.69) is 41.0 Å². The van der Waals surface area contributed by atoms with Crippen LogP contribution in [0.2, 0.25) is 0 Å². The van der Waals surface area contributed by atoms with E-state index >= 15 is 0 Å². The highest BCUT2D eigenvalue weighted by Crippen LogP contribution is 2.42. The molecule has 3 fully saturated rings. The number of likely N-dealkylation sites (tertiary alicyclic amines) is 2. The van der Waals surface area contributed by atoms with Gasteiger partial charge < -0.3 is 9.80 Å².